The number of aryl methyl sites for hydroxylation is 1. The Balaban J connectivity index is 1.66. The Labute approximate surface area is 144 Å². The number of amides is 1. The first-order valence-electron chi connectivity index (χ1n) is 8.03. The fourth-order valence-corrected chi connectivity index (χ4v) is 2.82. The van der Waals surface area contributed by atoms with Gasteiger partial charge < -0.3 is 9.64 Å². The van der Waals surface area contributed by atoms with Crippen LogP contribution in [-0.2, 0) is 13.6 Å². The number of ether oxygens (including phenoxy) is 1. The van der Waals surface area contributed by atoms with Crippen LogP contribution < -0.4 is 4.74 Å². The maximum Gasteiger partial charge on any atom is 0.258 e. The molecule has 126 valence electrons. The van der Waals surface area contributed by atoms with E-state index in [1.165, 1.54) is 0 Å². The second-order valence-electron chi connectivity index (χ2n) is 5.83. The summed E-state index contributed by atoms with van der Waals surface area (Å²) in [6.07, 6.45) is 5.22. The van der Waals surface area contributed by atoms with Crippen LogP contribution in [0.3, 0.4) is 0 Å². The average Bonchev–Trinajstić information content (AvgIpc) is 3.01. The number of hydrogen-bond donors (Lipinski definition) is 0. The van der Waals surface area contributed by atoms with Gasteiger partial charge >= 0.3 is 0 Å². The fraction of sp³-hybridized carbons (Fsp3) is 0.222. The first-order chi connectivity index (χ1) is 12.2. The summed E-state index contributed by atoms with van der Waals surface area (Å²) in [5.74, 6) is 1.12. The largest absolute Gasteiger partial charge is 0.491 e. The van der Waals surface area contributed by atoms with Crippen molar-refractivity contribution in [2.45, 2.75) is 6.54 Å². The van der Waals surface area contributed by atoms with Crippen LogP contribution in [0.15, 0.2) is 48.9 Å². The lowest BCUT2D eigenvalue weighted by atomic mass is 10.1. The minimum absolute atomic E-state index is 0.0854. The van der Waals surface area contributed by atoms with Crippen LogP contribution in [0.4, 0.5) is 0 Å². The van der Waals surface area contributed by atoms with Gasteiger partial charge in [0.25, 0.3) is 5.91 Å². The van der Waals surface area contributed by atoms with Gasteiger partial charge in [-0.15, -0.1) is 0 Å². The molecule has 25 heavy (non-hydrogen) atoms. The normalized spacial score (nSPS) is 14.0. The molecule has 0 N–H and O–H groups in total. The Morgan fingerprint density at radius 3 is 2.80 bits per heavy atom. The van der Waals surface area contributed by atoms with Crippen molar-refractivity contribution in [3.63, 3.8) is 0 Å². The number of hydrogen-bond acceptors (Lipinski definition) is 5. The molecule has 1 aliphatic rings. The van der Waals surface area contributed by atoms with Gasteiger partial charge in [-0.3, -0.25) is 9.48 Å². The smallest absolute Gasteiger partial charge is 0.258 e. The van der Waals surface area contributed by atoms with E-state index < -0.39 is 0 Å². The number of aromatic nitrogens is 4. The third-order valence-corrected chi connectivity index (χ3v) is 4.08. The van der Waals surface area contributed by atoms with E-state index in [0.717, 1.165) is 11.3 Å². The van der Waals surface area contributed by atoms with Crippen LogP contribution in [0.5, 0.6) is 5.75 Å². The van der Waals surface area contributed by atoms with E-state index in [4.69, 9.17) is 4.74 Å². The number of nitrogens with zero attached hydrogens (tertiary/aromatic N) is 5. The van der Waals surface area contributed by atoms with E-state index in [1.807, 2.05) is 37.5 Å². The van der Waals surface area contributed by atoms with E-state index in [0.29, 0.717) is 36.8 Å². The first kappa shape index (κ1) is 15.3. The molecule has 0 spiro atoms. The van der Waals surface area contributed by atoms with Crippen molar-refractivity contribution in [3.8, 4) is 17.0 Å². The SMILES string of the molecule is Cn1ccc(-c2ccc3c(c2)C(=O)N(Cc2ncccn2)CCO3)n1. The van der Waals surface area contributed by atoms with E-state index in [9.17, 15) is 4.79 Å². The summed E-state index contributed by atoms with van der Waals surface area (Å²) in [6, 6.07) is 9.26. The Kier molecular flexibility index (Phi) is 3.89. The van der Waals surface area contributed by atoms with Gasteiger partial charge in [-0.25, -0.2) is 9.97 Å². The van der Waals surface area contributed by atoms with Crippen molar-refractivity contribution < 1.29 is 9.53 Å². The van der Waals surface area contributed by atoms with E-state index >= 15 is 0 Å². The summed E-state index contributed by atoms with van der Waals surface area (Å²) in [4.78, 5) is 23.1. The maximum absolute atomic E-state index is 13.0. The van der Waals surface area contributed by atoms with Crippen LogP contribution in [0.25, 0.3) is 11.3 Å². The Morgan fingerprint density at radius 2 is 2.04 bits per heavy atom. The van der Waals surface area contributed by atoms with Crippen molar-refractivity contribution in [3.05, 3.63) is 60.3 Å². The summed E-state index contributed by atoms with van der Waals surface area (Å²) in [5.41, 5.74) is 2.24. The summed E-state index contributed by atoms with van der Waals surface area (Å²) in [7, 11) is 1.86. The molecular weight excluding hydrogens is 318 g/mol. The third kappa shape index (κ3) is 3.08. The molecule has 2 aromatic heterocycles. The van der Waals surface area contributed by atoms with Gasteiger partial charge in [0.1, 0.15) is 18.2 Å². The molecule has 0 unspecified atom stereocenters. The summed E-state index contributed by atoms with van der Waals surface area (Å²) < 4.78 is 7.49. The molecule has 0 saturated carbocycles. The highest BCUT2D eigenvalue weighted by molar-refractivity contribution is 5.98. The quantitative estimate of drug-likeness (QED) is 0.731. The zero-order chi connectivity index (χ0) is 17.2. The molecule has 0 radical (unpaired) electrons. The van der Waals surface area contributed by atoms with Crippen molar-refractivity contribution >= 4 is 5.91 Å². The molecule has 0 saturated heterocycles. The number of rotatable bonds is 3. The zero-order valence-corrected chi connectivity index (χ0v) is 13.8. The van der Waals surface area contributed by atoms with Gasteiger partial charge in [0, 0.05) is 31.2 Å². The lowest BCUT2D eigenvalue weighted by Gasteiger charge is -2.18. The monoisotopic (exact) mass is 335 g/mol. The molecule has 3 heterocycles. The first-order valence-corrected chi connectivity index (χ1v) is 8.03. The molecule has 7 heteroatoms. The minimum atomic E-state index is -0.0854. The van der Waals surface area contributed by atoms with E-state index in [2.05, 4.69) is 15.1 Å². The number of benzene rings is 1. The Bertz CT molecular complexity index is 907. The second-order valence-corrected chi connectivity index (χ2v) is 5.83. The van der Waals surface area contributed by atoms with Crippen LogP contribution in [0.1, 0.15) is 16.2 Å². The van der Waals surface area contributed by atoms with E-state index in [1.54, 1.807) is 28.0 Å². The van der Waals surface area contributed by atoms with Crippen molar-refractivity contribution in [1.29, 1.82) is 0 Å². The topological polar surface area (TPSA) is 73.1 Å². The highest BCUT2D eigenvalue weighted by Gasteiger charge is 2.25. The molecule has 1 amide bonds. The maximum atomic E-state index is 13.0. The molecule has 0 bridgehead atoms. The molecule has 4 rings (SSSR count). The summed E-state index contributed by atoms with van der Waals surface area (Å²) >= 11 is 0. The van der Waals surface area contributed by atoms with Gasteiger partial charge in [0.2, 0.25) is 0 Å². The second kappa shape index (κ2) is 6.35. The molecule has 0 aliphatic carbocycles. The molecule has 0 atom stereocenters. The highest BCUT2D eigenvalue weighted by atomic mass is 16.5. The zero-order valence-electron chi connectivity index (χ0n) is 13.8. The van der Waals surface area contributed by atoms with Crippen LogP contribution in [-0.4, -0.2) is 43.7 Å². The molecule has 0 fully saturated rings. The predicted octanol–water partition coefficient (Wildman–Crippen LogP) is 1.91. The highest BCUT2D eigenvalue weighted by Crippen LogP contribution is 2.28. The lowest BCUT2D eigenvalue weighted by molar-refractivity contribution is 0.0738. The number of fused-ring (bicyclic) bond motifs is 1. The molecule has 3 aromatic rings. The number of carbonyl (C=O) groups is 1. The van der Waals surface area contributed by atoms with Crippen LogP contribution in [0, 0.1) is 0 Å². The van der Waals surface area contributed by atoms with Crippen molar-refractivity contribution in [1.82, 2.24) is 24.6 Å². The Morgan fingerprint density at radius 1 is 1.20 bits per heavy atom. The molecule has 7 nitrogen and oxygen atoms in total. The molecule has 1 aromatic carbocycles. The van der Waals surface area contributed by atoms with Crippen molar-refractivity contribution in [2.24, 2.45) is 7.05 Å². The predicted molar refractivity (Wildman–Crippen MR) is 90.9 cm³/mol. The van der Waals surface area contributed by atoms with Crippen molar-refractivity contribution in [2.75, 3.05) is 13.2 Å². The summed E-state index contributed by atoms with van der Waals surface area (Å²) in [5, 5.41) is 4.40. The summed E-state index contributed by atoms with van der Waals surface area (Å²) in [6.45, 7) is 1.29. The Hall–Kier alpha value is -3.22. The number of carbonyl (C=O) groups excluding carboxylic acids is 1. The molecule has 1 aliphatic heterocycles. The average molecular weight is 335 g/mol. The van der Waals surface area contributed by atoms with Gasteiger partial charge in [-0.05, 0) is 30.3 Å². The van der Waals surface area contributed by atoms with Gasteiger partial charge in [0.15, 0.2) is 0 Å². The van der Waals surface area contributed by atoms with Gasteiger partial charge in [0.05, 0.1) is 24.3 Å². The van der Waals surface area contributed by atoms with Gasteiger partial charge in [-0.1, -0.05) is 0 Å². The van der Waals surface area contributed by atoms with Crippen LogP contribution in [0.2, 0.25) is 0 Å². The van der Waals surface area contributed by atoms with Crippen LogP contribution >= 0.6 is 0 Å². The van der Waals surface area contributed by atoms with E-state index in [-0.39, 0.29) is 5.91 Å². The minimum Gasteiger partial charge on any atom is -0.491 e. The standard InChI is InChI=1S/C18H17N5O2/c1-22-8-5-15(21-22)13-3-4-16-14(11-13)18(24)23(9-10-25-16)12-17-19-6-2-7-20-17/h2-8,11H,9-10,12H2,1H3. The third-order valence-electron chi connectivity index (χ3n) is 4.08. The van der Waals surface area contributed by atoms with Gasteiger partial charge in [-0.2, -0.15) is 5.10 Å². The molecular formula is C18H17N5O2. The lowest BCUT2D eigenvalue weighted by Crippen LogP contribution is -2.32. The fourth-order valence-electron chi connectivity index (χ4n) is 2.82.